The Morgan fingerprint density at radius 3 is 3.04 bits per heavy atom. The molecule has 4 rings (SSSR count). The lowest BCUT2D eigenvalue weighted by Crippen LogP contribution is -2.24. The van der Waals surface area contributed by atoms with E-state index in [-0.39, 0.29) is 19.3 Å². The Labute approximate surface area is 149 Å². The summed E-state index contributed by atoms with van der Waals surface area (Å²) in [5, 5.41) is 4.88. The molecule has 0 aliphatic carbocycles. The van der Waals surface area contributed by atoms with Gasteiger partial charge in [-0.25, -0.2) is 5.43 Å². The van der Waals surface area contributed by atoms with E-state index in [1.807, 2.05) is 30.3 Å². The van der Waals surface area contributed by atoms with Crippen LogP contribution in [-0.4, -0.2) is 30.5 Å². The van der Waals surface area contributed by atoms with Crippen LogP contribution in [0, 0.1) is 0 Å². The maximum absolute atomic E-state index is 11.9. The first kappa shape index (κ1) is 15.9. The molecule has 0 fully saturated rings. The Bertz CT molecular complexity index is 982. The van der Waals surface area contributed by atoms with Gasteiger partial charge in [0, 0.05) is 11.6 Å². The number of ether oxygens (including phenoxy) is 3. The topological polar surface area (TPSA) is 82.0 Å². The number of hydrazone groups is 1. The summed E-state index contributed by atoms with van der Waals surface area (Å²) in [4.78, 5) is 16.2. The molecule has 0 atom stereocenters. The lowest BCUT2D eigenvalue weighted by molar-refractivity contribution is -0.123. The quantitative estimate of drug-likeness (QED) is 0.565. The van der Waals surface area contributed by atoms with Gasteiger partial charge in [-0.15, -0.1) is 0 Å². The van der Waals surface area contributed by atoms with Crippen LogP contribution in [0.5, 0.6) is 17.2 Å². The minimum absolute atomic E-state index is 0.159. The fourth-order valence-electron chi connectivity index (χ4n) is 2.54. The van der Waals surface area contributed by atoms with Crippen molar-refractivity contribution in [3.8, 4) is 17.2 Å². The second kappa shape index (κ2) is 7.10. The van der Waals surface area contributed by atoms with Crippen LogP contribution in [0.4, 0.5) is 0 Å². The Morgan fingerprint density at radius 2 is 2.08 bits per heavy atom. The van der Waals surface area contributed by atoms with Gasteiger partial charge in [-0.1, -0.05) is 18.2 Å². The molecular weight excluding hydrogens is 334 g/mol. The van der Waals surface area contributed by atoms with Crippen LogP contribution in [0.25, 0.3) is 10.9 Å². The van der Waals surface area contributed by atoms with E-state index in [1.54, 1.807) is 24.4 Å². The van der Waals surface area contributed by atoms with Crippen LogP contribution in [0.2, 0.25) is 0 Å². The van der Waals surface area contributed by atoms with Crippen LogP contribution in [0.3, 0.4) is 0 Å². The molecule has 3 aromatic rings. The van der Waals surface area contributed by atoms with E-state index < -0.39 is 0 Å². The van der Waals surface area contributed by atoms with Crippen LogP contribution < -0.4 is 19.6 Å². The molecule has 0 unspecified atom stereocenters. The SMILES string of the molecule is O=C(COc1cccc2cccnc12)N/N=C\c1ccc2c(c1)OCO2. The summed E-state index contributed by atoms with van der Waals surface area (Å²) in [6.07, 6.45) is 3.21. The first-order chi connectivity index (χ1) is 12.8. The number of amides is 1. The molecule has 0 spiro atoms. The number of pyridine rings is 1. The number of aromatic nitrogens is 1. The second-order valence-corrected chi connectivity index (χ2v) is 5.53. The van der Waals surface area contributed by atoms with Gasteiger partial charge in [0.2, 0.25) is 6.79 Å². The standard InChI is InChI=1S/C19H15N3O4/c23-18(11-24-16-5-1-3-14-4-2-8-20-19(14)16)22-21-10-13-6-7-15-17(9-13)26-12-25-15/h1-10H,11-12H2,(H,22,23)/b21-10-. The Hall–Kier alpha value is -3.61. The van der Waals surface area contributed by atoms with Crippen molar-refractivity contribution in [2.24, 2.45) is 5.10 Å². The highest BCUT2D eigenvalue weighted by Crippen LogP contribution is 2.31. The smallest absolute Gasteiger partial charge is 0.277 e. The number of rotatable bonds is 5. The van der Waals surface area contributed by atoms with Gasteiger partial charge < -0.3 is 14.2 Å². The van der Waals surface area contributed by atoms with Crippen molar-refractivity contribution in [3.05, 3.63) is 60.3 Å². The van der Waals surface area contributed by atoms with Gasteiger partial charge >= 0.3 is 0 Å². The maximum atomic E-state index is 11.9. The van der Waals surface area contributed by atoms with Crippen molar-refractivity contribution in [2.75, 3.05) is 13.4 Å². The highest BCUT2D eigenvalue weighted by atomic mass is 16.7. The van der Waals surface area contributed by atoms with E-state index in [0.29, 0.717) is 22.8 Å². The Morgan fingerprint density at radius 1 is 1.19 bits per heavy atom. The van der Waals surface area contributed by atoms with Gasteiger partial charge in [0.1, 0.15) is 11.3 Å². The summed E-state index contributed by atoms with van der Waals surface area (Å²) in [7, 11) is 0. The van der Waals surface area contributed by atoms with Crippen molar-refractivity contribution in [3.63, 3.8) is 0 Å². The largest absolute Gasteiger partial charge is 0.481 e. The summed E-state index contributed by atoms with van der Waals surface area (Å²) < 4.78 is 16.1. The van der Waals surface area contributed by atoms with Crippen molar-refractivity contribution in [1.29, 1.82) is 0 Å². The van der Waals surface area contributed by atoms with E-state index in [1.165, 1.54) is 6.21 Å². The van der Waals surface area contributed by atoms with Crippen molar-refractivity contribution < 1.29 is 19.0 Å². The van der Waals surface area contributed by atoms with Crippen LogP contribution in [-0.2, 0) is 4.79 Å². The maximum Gasteiger partial charge on any atom is 0.277 e. The average molecular weight is 349 g/mol. The summed E-state index contributed by atoms with van der Waals surface area (Å²) in [5.74, 6) is 1.54. The van der Waals surface area contributed by atoms with E-state index in [2.05, 4.69) is 15.5 Å². The number of carbonyl (C=O) groups is 1. The molecule has 2 aromatic carbocycles. The number of hydrogen-bond donors (Lipinski definition) is 1. The summed E-state index contributed by atoms with van der Waals surface area (Å²) >= 11 is 0. The van der Waals surface area contributed by atoms with Gasteiger partial charge in [0.15, 0.2) is 18.1 Å². The minimum Gasteiger partial charge on any atom is -0.481 e. The number of nitrogens with zero attached hydrogens (tertiary/aromatic N) is 2. The van der Waals surface area contributed by atoms with Crippen molar-refractivity contribution in [2.45, 2.75) is 0 Å². The second-order valence-electron chi connectivity index (χ2n) is 5.53. The average Bonchev–Trinajstić information content (AvgIpc) is 3.14. The first-order valence-electron chi connectivity index (χ1n) is 7.98. The highest BCUT2D eigenvalue weighted by Gasteiger charge is 2.12. The van der Waals surface area contributed by atoms with Crippen molar-refractivity contribution >= 4 is 23.0 Å². The first-order valence-corrected chi connectivity index (χ1v) is 7.98. The molecule has 1 amide bonds. The molecule has 26 heavy (non-hydrogen) atoms. The number of benzene rings is 2. The van der Waals surface area contributed by atoms with Gasteiger partial charge in [0.25, 0.3) is 5.91 Å². The van der Waals surface area contributed by atoms with E-state index in [9.17, 15) is 4.79 Å². The normalized spacial score (nSPS) is 12.5. The molecule has 130 valence electrons. The molecule has 1 aliphatic rings. The van der Waals surface area contributed by atoms with E-state index >= 15 is 0 Å². The Kier molecular flexibility index (Phi) is 4.34. The minimum atomic E-state index is -0.366. The molecule has 7 heteroatoms. The Balaban J connectivity index is 1.34. The number of carbonyl (C=O) groups excluding carboxylic acids is 1. The predicted octanol–water partition coefficient (Wildman–Crippen LogP) is 2.49. The zero-order valence-electron chi connectivity index (χ0n) is 13.7. The molecule has 0 bridgehead atoms. The van der Waals surface area contributed by atoms with Crippen LogP contribution >= 0.6 is 0 Å². The molecule has 1 N–H and O–H groups in total. The molecule has 0 radical (unpaired) electrons. The molecule has 0 saturated carbocycles. The summed E-state index contributed by atoms with van der Waals surface area (Å²) in [5.41, 5.74) is 3.93. The molecule has 0 saturated heterocycles. The molecule has 7 nitrogen and oxygen atoms in total. The number of hydrogen-bond acceptors (Lipinski definition) is 6. The lowest BCUT2D eigenvalue weighted by atomic mass is 10.2. The fraction of sp³-hybridized carbons (Fsp3) is 0.105. The van der Waals surface area contributed by atoms with Gasteiger partial charge in [0.05, 0.1) is 6.21 Å². The van der Waals surface area contributed by atoms with E-state index in [4.69, 9.17) is 14.2 Å². The monoisotopic (exact) mass is 349 g/mol. The van der Waals surface area contributed by atoms with Crippen molar-refractivity contribution in [1.82, 2.24) is 10.4 Å². The molecule has 2 heterocycles. The number of fused-ring (bicyclic) bond motifs is 2. The van der Waals surface area contributed by atoms with Crippen LogP contribution in [0.15, 0.2) is 59.8 Å². The van der Waals surface area contributed by atoms with Gasteiger partial charge in [-0.2, -0.15) is 5.10 Å². The summed E-state index contributed by atoms with van der Waals surface area (Å²) in [6.45, 7) is 0.0567. The molecule has 1 aliphatic heterocycles. The van der Waals surface area contributed by atoms with Crippen LogP contribution in [0.1, 0.15) is 5.56 Å². The third kappa shape index (κ3) is 3.41. The molecule has 1 aromatic heterocycles. The summed E-state index contributed by atoms with van der Waals surface area (Å²) in [6, 6.07) is 14.8. The number of nitrogens with one attached hydrogen (secondary N) is 1. The third-order valence-electron chi connectivity index (χ3n) is 3.75. The fourth-order valence-corrected chi connectivity index (χ4v) is 2.54. The van der Waals surface area contributed by atoms with E-state index in [0.717, 1.165) is 10.9 Å². The van der Waals surface area contributed by atoms with Gasteiger partial charge in [-0.05, 0) is 35.9 Å². The zero-order valence-corrected chi connectivity index (χ0v) is 13.7. The molecular formula is C19H15N3O4. The highest BCUT2D eigenvalue weighted by molar-refractivity contribution is 5.86. The predicted molar refractivity (Wildman–Crippen MR) is 95.5 cm³/mol. The lowest BCUT2D eigenvalue weighted by Gasteiger charge is -2.07. The zero-order chi connectivity index (χ0) is 17.8. The third-order valence-corrected chi connectivity index (χ3v) is 3.75. The van der Waals surface area contributed by atoms with Gasteiger partial charge in [-0.3, -0.25) is 9.78 Å². The number of para-hydroxylation sites is 1.